The van der Waals surface area contributed by atoms with E-state index in [0.29, 0.717) is 43.9 Å². The highest BCUT2D eigenvalue weighted by molar-refractivity contribution is 5.86. The van der Waals surface area contributed by atoms with E-state index in [1.807, 2.05) is 0 Å². The van der Waals surface area contributed by atoms with Gasteiger partial charge in [0.2, 0.25) is 5.91 Å². The zero-order valence-corrected chi connectivity index (χ0v) is 26.7. The molecule has 0 aromatic heterocycles. The molecule has 4 rings (SSSR count). The minimum absolute atomic E-state index is 0.0339. The molecule has 0 heterocycles. The summed E-state index contributed by atoms with van der Waals surface area (Å²) in [7, 11) is 2.68. The minimum Gasteiger partial charge on any atom is -0.481 e. The summed E-state index contributed by atoms with van der Waals surface area (Å²) in [6, 6.07) is 0.259. The number of aliphatic carboxylic acids is 2. The van der Waals surface area contributed by atoms with Crippen molar-refractivity contribution in [1.29, 1.82) is 0 Å². The molecule has 4 fully saturated rings. The molecular formula is C33H52N2O10. The molecule has 0 aliphatic heterocycles. The van der Waals surface area contributed by atoms with E-state index in [4.69, 9.17) is 14.3 Å². The molecule has 12 heteroatoms. The van der Waals surface area contributed by atoms with Gasteiger partial charge in [0.15, 0.2) is 0 Å². The van der Waals surface area contributed by atoms with Gasteiger partial charge >= 0.3 is 23.9 Å². The summed E-state index contributed by atoms with van der Waals surface area (Å²) >= 11 is 0. The molecule has 0 spiro atoms. The van der Waals surface area contributed by atoms with Crippen LogP contribution in [0.25, 0.3) is 0 Å². The Bertz CT molecular complexity index is 1040. The van der Waals surface area contributed by atoms with Crippen molar-refractivity contribution in [3.8, 4) is 0 Å². The van der Waals surface area contributed by atoms with Crippen molar-refractivity contribution >= 4 is 29.8 Å². The van der Waals surface area contributed by atoms with Crippen LogP contribution in [0.4, 0.5) is 0 Å². The predicted molar refractivity (Wildman–Crippen MR) is 161 cm³/mol. The fourth-order valence-corrected chi connectivity index (χ4v) is 8.40. The van der Waals surface area contributed by atoms with Crippen LogP contribution in [0.2, 0.25) is 0 Å². The van der Waals surface area contributed by atoms with Gasteiger partial charge in [-0.25, -0.2) is 0 Å². The number of nitrogens with one attached hydrogen (secondary N) is 2. The third kappa shape index (κ3) is 9.64. The second kappa shape index (κ2) is 16.7. The molecule has 6 atom stereocenters. The maximum atomic E-state index is 13.1. The van der Waals surface area contributed by atoms with Crippen LogP contribution in [0, 0.1) is 47.3 Å². The van der Waals surface area contributed by atoms with Crippen LogP contribution in [-0.4, -0.2) is 72.9 Å². The molecule has 0 radical (unpaired) electrons. The van der Waals surface area contributed by atoms with E-state index in [-0.39, 0.29) is 54.8 Å². The first-order valence-corrected chi connectivity index (χ1v) is 16.9. The van der Waals surface area contributed by atoms with Gasteiger partial charge in [0.25, 0.3) is 0 Å². The number of hydroxylamine groups is 1. The summed E-state index contributed by atoms with van der Waals surface area (Å²) in [4.78, 5) is 66.6. The van der Waals surface area contributed by atoms with Gasteiger partial charge in [0.1, 0.15) is 0 Å². The average Bonchev–Trinajstić information content (AvgIpc) is 3.05. The predicted octanol–water partition coefficient (Wildman–Crippen LogP) is 3.71. The summed E-state index contributed by atoms with van der Waals surface area (Å²) in [6.45, 7) is 0.258. The summed E-state index contributed by atoms with van der Waals surface area (Å²) < 4.78 is 9.72. The minimum atomic E-state index is -0.983. The molecule has 4 aliphatic rings. The van der Waals surface area contributed by atoms with E-state index in [1.165, 1.54) is 14.2 Å². The summed E-state index contributed by atoms with van der Waals surface area (Å²) in [6.07, 6.45) is 11.5. The number of methoxy groups -OCH3 is 2. The van der Waals surface area contributed by atoms with Crippen molar-refractivity contribution in [2.45, 2.75) is 108 Å². The maximum Gasteiger partial charge on any atom is 0.308 e. The van der Waals surface area contributed by atoms with Crippen molar-refractivity contribution in [3.63, 3.8) is 0 Å². The molecule has 6 unspecified atom stereocenters. The first kappa shape index (κ1) is 35.1. The Morgan fingerprint density at radius 1 is 0.622 bits per heavy atom. The lowest BCUT2D eigenvalue weighted by Crippen LogP contribution is -2.47. The topological polar surface area (TPSA) is 178 Å². The largest absolute Gasteiger partial charge is 0.481 e. The van der Waals surface area contributed by atoms with Gasteiger partial charge in [0.05, 0.1) is 50.4 Å². The van der Waals surface area contributed by atoms with Crippen LogP contribution < -0.4 is 10.8 Å². The molecule has 0 aromatic carbocycles. The van der Waals surface area contributed by atoms with E-state index in [2.05, 4.69) is 10.8 Å². The molecular weight excluding hydrogens is 584 g/mol. The number of ether oxygens (including phenoxy) is 2. The monoisotopic (exact) mass is 636 g/mol. The highest BCUT2D eigenvalue weighted by atomic mass is 16.6. The third-order valence-corrected chi connectivity index (χ3v) is 11.1. The SMILES string of the molecule is COC(=O)C1CCC(C(=O)O)C(CONC2CCC(CC3CCC(NC(=O)C4CC(C(=O)OC)CCC4C(=O)O)CC3)CC2)C1. The Morgan fingerprint density at radius 2 is 1.13 bits per heavy atom. The lowest BCUT2D eigenvalue weighted by Gasteiger charge is -2.36. The Balaban J connectivity index is 1.13. The second-order valence-corrected chi connectivity index (χ2v) is 13.9. The van der Waals surface area contributed by atoms with Gasteiger partial charge in [-0.05, 0) is 114 Å². The Kier molecular flexibility index (Phi) is 13.1. The van der Waals surface area contributed by atoms with Crippen molar-refractivity contribution in [1.82, 2.24) is 10.8 Å². The van der Waals surface area contributed by atoms with Crippen molar-refractivity contribution < 1.29 is 48.5 Å². The van der Waals surface area contributed by atoms with Gasteiger partial charge < -0.3 is 29.8 Å². The van der Waals surface area contributed by atoms with E-state index >= 15 is 0 Å². The summed E-state index contributed by atoms with van der Waals surface area (Å²) in [5, 5.41) is 22.4. The van der Waals surface area contributed by atoms with Crippen LogP contribution in [0.1, 0.15) is 96.3 Å². The number of carbonyl (C=O) groups excluding carboxylic acids is 3. The maximum absolute atomic E-state index is 13.1. The third-order valence-electron chi connectivity index (χ3n) is 11.1. The second-order valence-electron chi connectivity index (χ2n) is 13.9. The number of carboxylic acids is 2. The molecule has 4 N–H and O–H groups in total. The van der Waals surface area contributed by atoms with Crippen LogP contribution in [0.5, 0.6) is 0 Å². The number of amides is 1. The zero-order valence-electron chi connectivity index (χ0n) is 26.7. The molecule has 0 aromatic rings. The molecule has 254 valence electrons. The summed E-state index contributed by atoms with van der Waals surface area (Å²) in [5.74, 6) is -4.43. The number of hydrogen-bond acceptors (Lipinski definition) is 9. The fourth-order valence-electron chi connectivity index (χ4n) is 8.40. The lowest BCUT2D eigenvalue weighted by molar-refractivity contribution is -0.155. The van der Waals surface area contributed by atoms with Gasteiger partial charge in [-0.15, -0.1) is 0 Å². The Morgan fingerprint density at radius 3 is 1.67 bits per heavy atom. The van der Waals surface area contributed by atoms with Gasteiger partial charge in [-0.1, -0.05) is 0 Å². The van der Waals surface area contributed by atoms with E-state index in [1.54, 1.807) is 0 Å². The molecule has 45 heavy (non-hydrogen) atoms. The number of carbonyl (C=O) groups is 5. The molecule has 4 saturated carbocycles. The first-order valence-electron chi connectivity index (χ1n) is 16.9. The van der Waals surface area contributed by atoms with Gasteiger partial charge in [-0.2, -0.15) is 5.48 Å². The van der Waals surface area contributed by atoms with Gasteiger partial charge in [-0.3, -0.25) is 24.0 Å². The Hall–Kier alpha value is -2.73. The van der Waals surface area contributed by atoms with E-state index < -0.39 is 35.6 Å². The van der Waals surface area contributed by atoms with Crippen LogP contribution in [0.15, 0.2) is 0 Å². The van der Waals surface area contributed by atoms with Crippen molar-refractivity contribution in [3.05, 3.63) is 0 Å². The van der Waals surface area contributed by atoms with E-state index in [9.17, 15) is 34.2 Å². The lowest BCUT2D eigenvalue weighted by atomic mass is 9.73. The summed E-state index contributed by atoms with van der Waals surface area (Å²) in [5.41, 5.74) is 3.17. The Labute approximate surface area is 265 Å². The molecule has 1 amide bonds. The normalized spacial score (nSPS) is 35.5. The van der Waals surface area contributed by atoms with Crippen molar-refractivity contribution in [2.24, 2.45) is 47.3 Å². The van der Waals surface area contributed by atoms with Crippen LogP contribution in [-0.2, 0) is 38.3 Å². The fraction of sp³-hybridized carbons (Fsp3) is 0.848. The quantitative estimate of drug-likeness (QED) is 0.181. The zero-order chi connectivity index (χ0) is 32.5. The molecule has 0 saturated heterocycles. The first-order chi connectivity index (χ1) is 21.6. The highest BCUT2D eigenvalue weighted by Gasteiger charge is 2.43. The average molecular weight is 637 g/mol. The van der Waals surface area contributed by atoms with Gasteiger partial charge in [0, 0.05) is 12.1 Å². The molecule has 0 bridgehead atoms. The highest BCUT2D eigenvalue weighted by Crippen LogP contribution is 2.38. The number of rotatable bonds is 12. The number of carboxylic acid groups (broad SMARTS) is 2. The van der Waals surface area contributed by atoms with E-state index in [0.717, 1.165) is 57.8 Å². The number of hydrogen-bond donors (Lipinski definition) is 4. The van der Waals surface area contributed by atoms with Crippen LogP contribution >= 0.6 is 0 Å². The smallest absolute Gasteiger partial charge is 0.308 e. The standard InChI is InChI=1S/C33H52N2O10/c1-43-32(41)21-7-13-26(30(37)38)23(16-21)18-45-35-25-11-5-20(6-12-25)15-19-3-9-24(10-4-19)34-29(36)28-17-22(33(42)44-2)8-14-27(28)31(39)40/h19-28,35H,3-18H2,1-2H3,(H,34,36)(H,37,38)(H,39,40). The van der Waals surface area contributed by atoms with Crippen molar-refractivity contribution in [2.75, 3.05) is 20.8 Å². The number of esters is 2. The molecule has 4 aliphatic carbocycles. The molecule has 12 nitrogen and oxygen atoms in total. The van der Waals surface area contributed by atoms with Crippen LogP contribution in [0.3, 0.4) is 0 Å².